The predicted molar refractivity (Wildman–Crippen MR) is 72.5 cm³/mol. The molecule has 2 nitrogen and oxygen atoms in total. The van der Waals surface area contributed by atoms with Crippen LogP contribution < -0.4 is 5.73 Å². The normalized spacial score (nSPS) is 13.0. The molecule has 15 heavy (non-hydrogen) atoms. The van der Waals surface area contributed by atoms with Crippen LogP contribution in [0.3, 0.4) is 0 Å². The van der Waals surface area contributed by atoms with E-state index in [1.807, 2.05) is 11.6 Å². The highest BCUT2D eigenvalue weighted by Gasteiger charge is 2.14. The largest absolute Gasteiger partial charge is 0.324 e. The van der Waals surface area contributed by atoms with Gasteiger partial charge in [-0.25, -0.2) is 4.98 Å². The Morgan fingerprint density at radius 1 is 1.47 bits per heavy atom. The monoisotopic (exact) mass is 366 g/mol. The van der Waals surface area contributed by atoms with E-state index in [4.69, 9.17) is 5.73 Å². The van der Waals surface area contributed by atoms with E-state index in [1.165, 1.54) is 0 Å². The maximum Gasteiger partial charge on any atom is 0.0943 e. The molecule has 0 bridgehead atoms. The quantitative estimate of drug-likeness (QED) is 0.891. The number of hydrogen-bond donors (Lipinski definition) is 1. The van der Waals surface area contributed by atoms with Crippen molar-refractivity contribution in [1.82, 2.24) is 4.98 Å². The van der Waals surface area contributed by atoms with Crippen molar-refractivity contribution in [1.29, 1.82) is 0 Å². The first kappa shape index (κ1) is 11.7. The molecule has 1 unspecified atom stereocenters. The number of rotatable bonds is 3. The molecular formula is C9H8Br2N2S2. The van der Waals surface area contributed by atoms with Crippen molar-refractivity contribution in [2.75, 3.05) is 0 Å². The molecule has 6 heteroatoms. The molecule has 80 valence electrons. The van der Waals surface area contributed by atoms with Gasteiger partial charge in [0.05, 0.1) is 12.6 Å². The molecule has 1 atom stereocenters. The molecule has 0 spiro atoms. The summed E-state index contributed by atoms with van der Waals surface area (Å²) in [5.41, 5.74) is 7.26. The number of thiazole rings is 1. The van der Waals surface area contributed by atoms with Gasteiger partial charge < -0.3 is 5.73 Å². The van der Waals surface area contributed by atoms with Crippen molar-refractivity contribution in [3.8, 4) is 0 Å². The highest BCUT2D eigenvalue weighted by Crippen LogP contribution is 2.35. The van der Waals surface area contributed by atoms with E-state index in [0.29, 0.717) is 0 Å². The zero-order valence-corrected chi connectivity index (χ0v) is 12.4. The van der Waals surface area contributed by atoms with E-state index >= 15 is 0 Å². The average molecular weight is 368 g/mol. The summed E-state index contributed by atoms with van der Waals surface area (Å²) in [6, 6.07) is 2.07. The lowest BCUT2D eigenvalue weighted by Crippen LogP contribution is -2.12. The molecule has 0 aliphatic heterocycles. The third-order valence-electron chi connectivity index (χ3n) is 1.96. The Hall–Kier alpha value is 0.250. The summed E-state index contributed by atoms with van der Waals surface area (Å²) in [5.74, 6) is 0. The van der Waals surface area contributed by atoms with Gasteiger partial charge in [0.15, 0.2) is 0 Å². The summed E-state index contributed by atoms with van der Waals surface area (Å²) < 4.78 is 2.19. The highest BCUT2D eigenvalue weighted by atomic mass is 79.9. The fraction of sp³-hybridized carbons (Fsp3) is 0.222. The van der Waals surface area contributed by atoms with Gasteiger partial charge in [0.25, 0.3) is 0 Å². The molecule has 0 saturated heterocycles. The van der Waals surface area contributed by atoms with Gasteiger partial charge in [-0.3, -0.25) is 0 Å². The number of nitrogens with zero attached hydrogens (tertiary/aromatic N) is 1. The minimum absolute atomic E-state index is 0.00748. The van der Waals surface area contributed by atoms with Crippen LogP contribution in [0.15, 0.2) is 25.2 Å². The molecule has 2 N–H and O–H groups in total. The maximum atomic E-state index is 6.12. The zero-order chi connectivity index (χ0) is 10.8. The molecule has 2 heterocycles. The molecule has 2 aromatic heterocycles. The van der Waals surface area contributed by atoms with Gasteiger partial charge in [-0.05, 0) is 43.5 Å². The van der Waals surface area contributed by atoms with Crippen molar-refractivity contribution < 1.29 is 0 Å². The van der Waals surface area contributed by atoms with E-state index in [-0.39, 0.29) is 6.04 Å². The Kier molecular flexibility index (Phi) is 3.95. The molecular weight excluding hydrogens is 360 g/mol. The minimum Gasteiger partial charge on any atom is -0.324 e. The number of aromatic nitrogens is 1. The van der Waals surface area contributed by atoms with Crippen molar-refractivity contribution in [3.05, 3.63) is 35.8 Å². The van der Waals surface area contributed by atoms with Crippen LogP contribution in [0.2, 0.25) is 0 Å². The van der Waals surface area contributed by atoms with Crippen molar-refractivity contribution in [2.24, 2.45) is 5.73 Å². The second-order valence-corrected chi connectivity index (χ2v) is 7.74. The van der Waals surface area contributed by atoms with Crippen molar-refractivity contribution in [2.45, 2.75) is 12.5 Å². The third-order valence-corrected chi connectivity index (χ3v) is 5.15. The first-order valence-electron chi connectivity index (χ1n) is 4.25. The Bertz CT molecular complexity index is 439. The molecule has 0 aliphatic rings. The van der Waals surface area contributed by atoms with Gasteiger partial charge in [-0.15, -0.1) is 22.7 Å². The highest BCUT2D eigenvalue weighted by molar-refractivity contribution is 9.12. The fourth-order valence-corrected chi connectivity index (χ4v) is 4.93. The van der Waals surface area contributed by atoms with Gasteiger partial charge >= 0.3 is 0 Å². The first-order chi connectivity index (χ1) is 7.16. The summed E-state index contributed by atoms with van der Waals surface area (Å²) in [6.45, 7) is 0. The molecule has 0 aliphatic carbocycles. The van der Waals surface area contributed by atoms with Crippen LogP contribution in [0, 0.1) is 0 Å². The van der Waals surface area contributed by atoms with E-state index in [2.05, 4.69) is 42.9 Å². The van der Waals surface area contributed by atoms with Gasteiger partial charge in [-0.1, -0.05) is 0 Å². The predicted octanol–water partition coefficient (Wildman–Crippen LogP) is 3.97. The first-order valence-corrected chi connectivity index (χ1v) is 7.53. The van der Waals surface area contributed by atoms with Crippen LogP contribution in [0.5, 0.6) is 0 Å². The lowest BCUT2D eigenvalue weighted by atomic mass is 10.1. The zero-order valence-electron chi connectivity index (χ0n) is 7.61. The van der Waals surface area contributed by atoms with E-state index in [1.54, 1.807) is 22.7 Å². The Labute approximate surface area is 113 Å². The van der Waals surface area contributed by atoms with Crippen LogP contribution >= 0.6 is 54.5 Å². The molecule has 0 saturated carbocycles. The summed E-state index contributed by atoms with van der Waals surface area (Å²) in [4.78, 5) is 4.23. The number of halogens is 2. The smallest absolute Gasteiger partial charge is 0.0943 e. The standard InChI is InChI=1S/C9H8Br2N2S2/c10-7-3-5(9(11)15-7)6(12)4-8-13-1-2-14-8/h1-3,6H,4,12H2. The maximum absolute atomic E-state index is 6.12. The molecule has 0 radical (unpaired) electrons. The molecule has 0 aromatic carbocycles. The summed E-state index contributed by atoms with van der Waals surface area (Å²) in [6.07, 6.45) is 2.60. The van der Waals surface area contributed by atoms with Crippen LogP contribution in [0.25, 0.3) is 0 Å². The average Bonchev–Trinajstić information content (AvgIpc) is 2.75. The lowest BCUT2D eigenvalue weighted by Gasteiger charge is -2.08. The molecule has 2 rings (SSSR count). The second kappa shape index (κ2) is 5.05. The fourth-order valence-electron chi connectivity index (χ4n) is 1.26. The van der Waals surface area contributed by atoms with Crippen molar-refractivity contribution in [3.63, 3.8) is 0 Å². The molecule has 0 amide bonds. The van der Waals surface area contributed by atoms with Gasteiger partial charge in [0, 0.05) is 24.0 Å². The number of nitrogens with two attached hydrogens (primary N) is 1. The second-order valence-electron chi connectivity index (χ2n) is 3.02. The van der Waals surface area contributed by atoms with Gasteiger partial charge in [0.1, 0.15) is 0 Å². The van der Waals surface area contributed by atoms with Crippen LogP contribution in [0.4, 0.5) is 0 Å². The Morgan fingerprint density at radius 2 is 2.27 bits per heavy atom. The lowest BCUT2D eigenvalue weighted by molar-refractivity contribution is 0.718. The number of hydrogen-bond acceptors (Lipinski definition) is 4. The minimum atomic E-state index is 0.00748. The van der Waals surface area contributed by atoms with Crippen LogP contribution in [-0.4, -0.2) is 4.98 Å². The van der Waals surface area contributed by atoms with Crippen LogP contribution in [0.1, 0.15) is 16.6 Å². The topological polar surface area (TPSA) is 38.9 Å². The Morgan fingerprint density at radius 3 is 2.80 bits per heavy atom. The SMILES string of the molecule is NC(Cc1nccs1)c1cc(Br)sc1Br. The Balaban J connectivity index is 2.14. The summed E-state index contributed by atoms with van der Waals surface area (Å²) >= 11 is 10.3. The third kappa shape index (κ3) is 2.88. The van der Waals surface area contributed by atoms with Crippen LogP contribution in [-0.2, 0) is 6.42 Å². The summed E-state index contributed by atoms with van der Waals surface area (Å²) in [7, 11) is 0. The van der Waals surface area contributed by atoms with E-state index in [0.717, 1.165) is 24.6 Å². The van der Waals surface area contributed by atoms with E-state index in [9.17, 15) is 0 Å². The summed E-state index contributed by atoms with van der Waals surface area (Å²) in [5, 5.41) is 3.05. The number of thiophene rings is 1. The van der Waals surface area contributed by atoms with Gasteiger partial charge in [0.2, 0.25) is 0 Å². The molecule has 0 fully saturated rings. The van der Waals surface area contributed by atoms with Crippen molar-refractivity contribution >= 4 is 54.5 Å². The van der Waals surface area contributed by atoms with E-state index < -0.39 is 0 Å². The van der Waals surface area contributed by atoms with Gasteiger partial charge in [-0.2, -0.15) is 0 Å². The molecule has 2 aromatic rings.